The number of rotatable bonds is 5. The zero-order chi connectivity index (χ0) is 18.6. The lowest BCUT2D eigenvalue weighted by molar-refractivity contribution is -0.763. The van der Waals surface area contributed by atoms with Gasteiger partial charge in [0.05, 0.1) is 16.1 Å². The van der Waals surface area contributed by atoms with Crippen molar-refractivity contribution in [2.75, 3.05) is 0 Å². The van der Waals surface area contributed by atoms with Gasteiger partial charge in [-0.05, 0) is 36.4 Å². The summed E-state index contributed by atoms with van der Waals surface area (Å²) in [6.07, 6.45) is -4.64. The van der Waals surface area contributed by atoms with Crippen LogP contribution in [0.25, 0.3) is 0 Å². The number of alkyl halides is 3. The maximum atomic E-state index is 12.7. The first-order chi connectivity index (χ1) is 11.7. The molecule has 0 heterocycles. The molecule has 10 heteroatoms. The van der Waals surface area contributed by atoms with Crippen molar-refractivity contribution in [3.63, 3.8) is 0 Å². The summed E-state index contributed by atoms with van der Waals surface area (Å²) in [7, 11) is 0. The molecule has 0 aliphatic heterocycles. The zero-order valence-corrected chi connectivity index (χ0v) is 12.9. The SMILES string of the molecule is O=C(Oc1c#cc(CO[N+](=O)[O-])cc1)c1cc(C(F)(F)F)ccc1Cl. The van der Waals surface area contributed by atoms with Crippen molar-refractivity contribution in [3.05, 3.63) is 74.3 Å². The van der Waals surface area contributed by atoms with E-state index in [0.29, 0.717) is 6.07 Å². The largest absolute Gasteiger partial charge is 0.416 e. The highest BCUT2D eigenvalue weighted by Gasteiger charge is 2.32. The summed E-state index contributed by atoms with van der Waals surface area (Å²) in [5.41, 5.74) is -1.26. The first-order valence-electron chi connectivity index (χ1n) is 6.46. The van der Waals surface area contributed by atoms with Gasteiger partial charge >= 0.3 is 12.1 Å². The van der Waals surface area contributed by atoms with Crippen LogP contribution in [0.2, 0.25) is 5.02 Å². The van der Waals surface area contributed by atoms with E-state index in [1.165, 1.54) is 12.1 Å². The van der Waals surface area contributed by atoms with E-state index in [-0.39, 0.29) is 22.9 Å². The number of benzene rings is 1. The van der Waals surface area contributed by atoms with Crippen molar-refractivity contribution in [2.24, 2.45) is 0 Å². The Morgan fingerprint density at radius 3 is 2.52 bits per heavy atom. The minimum absolute atomic E-state index is 0.150. The van der Waals surface area contributed by atoms with E-state index >= 15 is 0 Å². The molecule has 0 radical (unpaired) electrons. The Balaban J connectivity index is 2.13. The first kappa shape index (κ1) is 18.4. The topological polar surface area (TPSA) is 78.7 Å². The van der Waals surface area contributed by atoms with Crippen LogP contribution in [0.4, 0.5) is 13.2 Å². The van der Waals surface area contributed by atoms with Gasteiger partial charge in [0, 0.05) is 5.56 Å². The summed E-state index contributed by atoms with van der Waals surface area (Å²) in [6.45, 7) is -0.378. The molecule has 0 N–H and O–H groups in total. The summed E-state index contributed by atoms with van der Waals surface area (Å²) in [6, 6.07) is 9.65. The van der Waals surface area contributed by atoms with Crippen molar-refractivity contribution in [1.82, 2.24) is 0 Å². The summed E-state index contributed by atoms with van der Waals surface area (Å²) in [5.74, 6) is -1.27. The molecule has 0 spiro atoms. The molecular formula is C15H7ClF3NO5. The predicted molar refractivity (Wildman–Crippen MR) is 77.3 cm³/mol. The number of ether oxygens (including phenoxy) is 1. The van der Waals surface area contributed by atoms with E-state index in [4.69, 9.17) is 16.3 Å². The monoisotopic (exact) mass is 373 g/mol. The molecule has 0 unspecified atom stereocenters. The highest BCUT2D eigenvalue weighted by molar-refractivity contribution is 6.33. The summed E-state index contributed by atoms with van der Waals surface area (Å²) >= 11 is 5.74. The molecule has 6 nitrogen and oxygen atoms in total. The van der Waals surface area contributed by atoms with Crippen LogP contribution in [0.1, 0.15) is 21.5 Å². The summed E-state index contributed by atoms with van der Waals surface area (Å²) < 4.78 is 43.0. The molecule has 0 aliphatic rings. The Bertz CT molecular complexity index is 793. The van der Waals surface area contributed by atoms with Gasteiger partial charge in [0.2, 0.25) is 0 Å². The van der Waals surface area contributed by atoms with Crippen molar-refractivity contribution >= 4 is 17.6 Å². The standard InChI is InChI=1S/C15H7ClF3NO5/c16-13-6-3-10(15(17,18)19)7-12(13)14(21)25-11-4-1-9(2-5-11)8-24-20(22)23/h1,3-4,6-7H,8H2. The number of carbonyl (C=O) groups is 1. The smallest absolute Gasteiger partial charge is 0.414 e. The molecule has 0 saturated carbocycles. The fourth-order valence-corrected chi connectivity index (χ4v) is 1.88. The van der Waals surface area contributed by atoms with E-state index in [0.717, 1.165) is 12.1 Å². The molecule has 130 valence electrons. The second kappa shape index (κ2) is 7.27. The van der Waals surface area contributed by atoms with E-state index < -0.39 is 28.4 Å². The molecular weight excluding hydrogens is 367 g/mol. The zero-order valence-electron chi connectivity index (χ0n) is 12.1. The number of nitrogens with zero attached hydrogens (tertiary/aromatic N) is 1. The number of carbonyl (C=O) groups excluding carboxylic acids is 1. The Kier molecular flexibility index (Phi) is 5.34. The fraction of sp³-hybridized carbons (Fsp3) is 0.133. The van der Waals surface area contributed by atoms with Gasteiger partial charge in [-0.3, -0.25) is 0 Å². The second-order valence-corrected chi connectivity index (χ2v) is 4.96. The molecule has 2 aromatic rings. The Labute approximate surface area is 143 Å². The normalized spacial score (nSPS) is 10.7. The molecule has 2 aromatic carbocycles. The highest BCUT2D eigenvalue weighted by atomic mass is 35.5. The molecule has 2 rings (SSSR count). The average molecular weight is 374 g/mol. The third kappa shape index (κ3) is 4.99. The minimum atomic E-state index is -4.64. The van der Waals surface area contributed by atoms with Crippen molar-refractivity contribution in [1.29, 1.82) is 0 Å². The average Bonchev–Trinajstić information content (AvgIpc) is 2.53. The molecule has 0 amide bonds. The summed E-state index contributed by atoms with van der Waals surface area (Å²) in [5, 5.41) is 8.87. The maximum Gasteiger partial charge on any atom is 0.416 e. The first-order valence-corrected chi connectivity index (χ1v) is 6.83. The van der Waals surface area contributed by atoms with Crippen LogP contribution in [-0.2, 0) is 17.6 Å². The van der Waals surface area contributed by atoms with Gasteiger partial charge in [0.15, 0.2) is 5.75 Å². The van der Waals surface area contributed by atoms with Crippen molar-refractivity contribution in [2.45, 2.75) is 12.8 Å². The van der Waals surface area contributed by atoms with Gasteiger partial charge in [0.25, 0.3) is 5.09 Å². The lowest BCUT2D eigenvalue weighted by Gasteiger charge is -2.09. The van der Waals surface area contributed by atoms with E-state index in [1.807, 2.05) is 0 Å². The summed E-state index contributed by atoms with van der Waals surface area (Å²) in [4.78, 5) is 26.2. The van der Waals surface area contributed by atoms with Gasteiger partial charge in [-0.2, -0.15) is 13.2 Å². The molecule has 0 atom stereocenters. The molecule has 0 bridgehead atoms. The van der Waals surface area contributed by atoms with Gasteiger partial charge in [-0.15, -0.1) is 10.1 Å². The van der Waals surface area contributed by atoms with Crippen LogP contribution in [0.5, 0.6) is 5.75 Å². The van der Waals surface area contributed by atoms with Crippen molar-refractivity contribution in [3.8, 4) is 5.75 Å². The number of hydrogen-bond donors (Lipinski definition) is 0. The molecule has 0 aliphatic carbocycles. The Morgan fingerprint density at radius 1 is 1.24 bits per heavy atom. The van der Waals surface area contributed by atoms with Crippen molar-refractivity contribution < 1.29 is 32.6 Å². The Hall–Kier alpha value is -2.99. The fourth-order valence-electron chi connectivity index (χ4n) is 1.68. The van der Waals surface area contributed by atoms with Crippen LogP contribution < -0.4 is 4.74 Å². The quantitative estimate of drug-likeness (QED) is 0.451. The van der Waals surface area contributed by atoms with Crippen LogP contribution in [-0.4, -0.2) is 11.1 Å². The minimum Gasteiger partial charge on any atom is -0.414 e. The molecule has 0 fully saturated rings. The molecule has 0 aromatic heterocycles. The number of hydrogen-bond acceptors (Lipinski definition) is 5. The second-order valence-electron chi connectivity index (χ2n) is 4.55. The van der Waals surface area contributed by atoms with E-state index in [2.05, 4.69) is 17.0 Å². The van der Waals surface area contributed by atoms with Crippen LogP contribution in [0.3, 0.4) is 0 Å². The number of halogens is 4. The lowest BCUT2D eigenvalue weighted by Crippen LogP contribution is -2.12. The van der Waals surface area contributed by atoms with Gasteiger partial charge in [-0.25, -0.2) is 4.79 Å². The predicted octanol–water partition coefficient (Wildman–Crippen LogP) is 3.89. The van der Waals surface area contributed by atoms with Gasteiger partial charge in [0.1, 0.15) is 6.61 Å². The van der Waals surface area contributed by atoms with E-state index in [1.54, 1.807) is 0 Å². The third-order valence-corrected chi connectivity index (χ3v) is 3.15. The molecule has 25 heavy (non-hydrogen) atoms. The maximum absolute atomic E-state index is 12.7. The van der Waals surface area contributed by atoms with Crippen LogP contribution >= 0.6 is 11.6 Å². The number of esters is 1. The Morgan fingerprint density at radius 2 is 1.96 bits per heavy atom. The lowest BCUT2D eigenvalue weighted by atomic mass is 10.1. The van der Waals surface area contributed by atoms with Gasteiger partial charge < -0.3 is 9.57 Å². The van der Waals surface area contributed by atoms with Crippen LogP contribution in [0, 0.1) is 22.2 Å². The molecule has 0 saturated heterocycles. The third-order valence-electron chi connectivity index (χ3n) is 2.82. The highest BCUT2D eigenvalue weighted by Crippen LogP contribution is 2.32. The van der Waals surface area contributed by atoms with Gasteiger partial charge in [-0.1, -0.05) is 17.7 Å². The van der Waals surface area contributed by atoms with Crippen LogP contribution in [0.15, 0.2) is 30.3 Å². The van der Waals surface area contributed by atoms with E-state index in [9.17, 15) is 28.1 Å².